The van der Waals surface area contributed by atoms with E-state index >= 15 is 0 Å². The maximum atomic E-state index is 13.8. The van der Waals surface area contributed by atoms with Gasteiger partial charge >= 0.3 is 0 Å². The lowest BCUT2D eigenvalue weighted by molar-refractivity contribution is -0.384. The fraction of sp³-hybridized carbons (Fsp3) is 0.100. The summed E-state index contributed by atoms with van der Waals surface area (Å²) in [6, 6.07) is 14.3. The summed E-state index contributed by atoms with van der Waals surface area (Å²) in [5.41, 5.74) is 1.24. The Labute approximate surface area is 165 Å². The van der Waals surface area contributed by atoms with E-state index in [2.05, 4.69) is 5.32 Å². The first-order valence-corrected chi connectivity index (χ1v) is 10.3. The molecule has 0 fully saturated rings. The molecule has 0 aliphatic rings. The van der Waals surface area contributed by atoms with Crippen molar-refractivity contribution in [3.05, 3.63) is 99.6 Å². The fourth-order valence-corrected chi connectivity index (χ4v) is 3.50. The number of anilines is 1. The Morgan fingerprint density at radius 3 is 2.17 bits per heavy atom. The third-order valence-corrected chi connectivity index (χ3v) is 5.40. The van der Waals surface area contributed by atoms with E-state index in [0.29, 0.717) is 16.8 Å². The Balaban J connectivity index is 2.06. The van der Waals surface area contributed by atoms with E-state index in [4.69, 9.17) is 0 Å². The van der Waals surface area contributed by atoms with Gasteiger partial charge in [-0.25, -0.2) is 17.2 Å². The van der Waals surface area contributed by atoms with Gasteiger partial charge in [0.15, 0.2) is 21.5 Å². The van der Waals surface area contributed by atoms with E-state index in [9.17, 15) is 27.3 Å². The lowest BCUT2D eigenvalue weighted by Gasteiger charge is -2.22. The van der Waals surface area contributed by atoms with Crippen LogP contribution in [0.2, 0.25) is 0 Å². The summed E-state index contributed by atoms with van der Waals surface area (Å²) in [7, 11) is -3.48. The third-order valence-electron chi connectivity index (χ3n) is 4.29. The number of hydrogen-bond donors (Lipinski definition) is 1. The quantitative estimate of drug-likeness (QED) is 0.471. The van der Waals surface area contributed by atoms with Crippen molar-refractivity contribution in [1.29, 1.82) is 0 Å². The van der Waals surface area contributed by atoms with Gasteiger partial charge in [-0.15, -0.1) is 0 Å². The molecule has 1 atom stereocenters. The molecule has 9 heteroatoms. The number of nitro groups is 1. The summed E-state index contributed by atoms with van der Waals surface area (Å²) in [5.74, 6) is -2.05. The minimum absolute atomic E-state index is 0.0769. The Kier molecular flexibility index (Phi) is 5.60. The van der Waals surface area contributed by atoms with Gasteiger partial charge in [0.2, 0.25) is 0 Å². The summed E-state index contributed by atoms with van der Waals surface area (Å²) in [5, 5.41) is 13.9. The number of benzene rings is 3. The molecule has 0 saturated heterocycles. The highest BCUT2D eigenvalue weighted by molar-refractivity contribution is 7.90. The minimum Gasteiger partial charge on any atom is -0.374 e. The standard InChI is InChI=1S/C20H16F2N2O4S/c1-29(27,28)17-4-2-3-13(11-17)20(14-5-10-18(21)19(22)12-14)23-15-6-8-16(9-7-15)24(25)26/h2-12,20,23H,1H3. The molecule has 3 aromatic carbocycles. The molecule has 3 rings (SSSR count). The molecule has 6 nitrogen and oxygen atoms in total. The number of nitrogens with zero attached hydrogens (tertiary/aromatic N) is 1. The average Bonchev–Trinajstić information content (AvgIpc) is 2.68. The molecule has 3 aromatic rings. The number of nitro benzene ring substituents is 1. The highest BCUT2D eigenvalue weighted by Gasteiger charge is 2.19. The highest BCUT2D eigenvalue weighted by Crippen LogP contribution is 2.30. The van der Waals surface area contributed by atoms with Crippen molar-refractivity contribution in [2.24, 2.45) is 0 Å². The second-order valence-electron chi connectivity index (χ2n) is 6.40. The molecule has 0 aliphatic carbocycles. The SMILES string of the molecule is CS(=O)(=O)c1cccc(C(Nc2ccc([N+](=O)[O-])cc2)c2ccc(F)c(F)c2)c1. The largest absolute Gasteiger partial charge is 0.374 e. The van der Waals surface area contributed by atoms with Crippen LogP contribution in [0.5, 0.6) is 0 Å². The lowest BCUT2D eigenvalue weighted by Crippen LogP contribution is -2.14. The van der Waals surface area contributed by atoms with Gasteiger partial charge in [0, 0.05) is 24.1 Å². The fourth-order valence-electron chi connectivity index (χ4n) is 2.82. The maximum absolute atomic E-state index is 13.8. The highest BCUT2D eigenvalue weighted by atomic mass is 32.2. The smallest absolute Gasteiger partial charge is 0.269 e. The number of nitrogens with one attached hydrogen (secondary N) is 1. The van der Waals surface area contributed by atoms with Gasteiger partial charge in [0.05, 0.1) is 15.9 Å². The van der Waals surface area contributed by atoms with E-state index in [1.807, 2.05) is 0 Å². The van der Waals surface area contributed by atoms with Crippen LogP contribution in [0.4, 0.5) is 20.2 Å². The van der Waals surface area contributed by atoms with Crippen LogP contribution in [0.3, 0.4) is 0 Å². The van der Waals surface area contributed by atoms with Crippen molar-refractivity contribution in [2.45, 2.75) is 10.9 Å². The molecule has 0 aliphatic heterocycles. The molecule has 0 heterocycles. The van der Waals surface area contributed by atoms with Crippen LogP contribution >= 0.6 is 0 Å². The lowest BCUT2D eigenvalue weighted by atomic mass is 9.98. The van der Waals surface area contributed by atoms with Gasteiger partial charge < -0.3 is 5.32 Å². The zero-order valence-corrected chi connectivity index (χ0v) is 16.0. The molecule has 1 unspecified atom stereocenters. The molecule has 0 aromatic heterocycles. The number of hydrogen-bond acceptors (Lipinski definition) is 5. The van der Waals surface area contributed by atoms with Crippen LogP contribution in [0.1, 0.15) is 17.2 Å². The van der Waals surface area contributed by atoms with Gasteiger partial charge in [0.25, 0.3) is 5.69 Å². The molecule has 0 spiro atoms. The van der Waals surface area contributed by atoms with Crippen molar-refractivity contribution in [3.63, 3.8) is 0 Å². The van der Waals surface area contributed by atoms with Crippen LogP contribution in [0.15, 0.2) is 71.6 Å². The van der Waals surface area contributed by atoms with Crippen LogP contribution < -0.4 is 5.32 Å². The molecule has 1 N–H and O–H groups in total. The normalized spacial score (nSPS) is 12.4. The van der Waals surface area contributed by atoms with Gasteiger partial charge in [-0.3, -0.25) is 10.1 Å². The summed E-state index contributed by atoms with van der Waals surface area (Å²) in [4.78, 5) is 10.4. The second-order valence-corrected chi connectivity index (χ2v) is 8.42. The van der Waals surface area contributed by atoms with Crippen molar-refractivity contribution in [2.75, 3.05) is 11.6 Å². The van der Waals surface area contributed by atoms with Crippen molar-refractivity contribution >= 4 is 21.2 Å². The number of non-ortho nitro benzene ring substituents is 1. The second kappa shape index (κ2) is 7.96. The molecular formula is C20H16F2N2O4S. The molecule has 0 saturated carbocycles. The monoisotopic (exact) mass is 418 g/mol. The number of rotatable bonds is 6. The van der Waals surface area contributed by atoms with Gasteiger partial charge in [-0.1, -0.05) is 18.2 Å². The van der Waals surface area contributed by atoms with E-state index in [1.165, 1.54) is 42.5 Å². The van der Waals surface area contributed by atoms with Crippen LogP contribution in [-0.2, 0) is 9.84 Å². The minimum atomic E-state index is -3.48. The zero-order chi connectivity index (χ0) is 21.2. The van der Waals surface area contributed by atoms with Crippen molar-refractivity contribution < 1.29 is 22.1 Å². The molecular weight excluding hydrogens is 402 g/mol. The Hall–Kier alpha value is -3.33. The Bertz CT molecular complexity index is 1170. The maximum Gasteiger partial charge on any atom is 0.269 e. The number of sulfone groups is 1. The Morgan fingerprint density at radius 2 is 1.59 bits per heavy atom. The third kappa shape index (κ3) is 4.75. The predicted octanol–water partition coefficient (Wildman–Crippen LogP) is 4.48. The van der Waals surface area contributed by atoms with E-state index < -0.39 is 32.4 Å². The summed E-state index contributed by atoms with van der Waals surface area (Å²) < 4.78 is 51.0. The van der Waals surface area contributed by atoms with Crippen molar-refractivity contribution in [1.82, 2.24) is 0 Å². The number of halogens is 2. The van der Waals surface area contributed by atoms with Gasteiger partial charge in [0.1, 0.15) is 0 Å². The van der Waals surface area contributed by atoms with E-state index in [0.717, 1.165) is 18.4 Å². The van der Waals surface area contributed by atoms with Crippen molar-refractivity contribution in [3.8, 4) is 0 Å². The molecule has 0 bridgehead atoms. The average molecular weight is 418 g/mol. The van der Waals surface area contributed by atoms with Gasteiger partial charge in [-0.05, 0) is 47.5 Å². The van der Waals surface area contributed by atoms with Crippen LogP contribution in [-0.4, -0.2) is 19.6 Å². The van der Waals surface area contributed by atoms with E-state index in [-0.39, 0.29) is 10.6 Å². The Morgan fingerprint density at radius 1 is 0.931 bits per heavy atom. The van der Waals surface area contributed by atoms with E-state index in [1.54, 1.807) is 12.1 Å². The molecule has 150 valence electrons. The summed E-state index contributed by atoms with van der Waals surface area (Å²) >= 11 is 0. The first kappa shape index (κ1) is 20.4. The summed E-state index contributed by atoms with van der Waals surface area (Å²) in [6.45, 7) is 0. The topological polar surface area (TPSA) is 89.3 Å². The zero-order valence-electron chi connectivity index (χ0n) is 15.2. The van der Waals surface area contributed by atoms with Crippen LogP contribution in [0, 0.1) is 21.7 Å². The predicted molar refractivity (Wildman–Crippen MR) is 104 cm³/mol. The molecule has 0 amide bonds. The molecule has 0 radical (unpaired) electrons. The first-order valence-electron chi connectivity index (χ1n) is 8.41. The van der Waals surface area contributed by atoms with Gasteiger partial charge in [-0.2, -0.15) is 0 Å². The molecule has 29 heavy (non-hydrogen) atoms. The summed E-state index contributed by atoms with van der Waals surface area (Å²) in [6.07, 6.45) is 1.07. The first-order chi connectivity index (χ1) is 13.6. The van der Waals surface area contributed by atoms with Crippen LogP contribution in [0.25, 0.3) is 0 Å².